The first kappa shape index (κ1) is 16.8. The number of benzene rings is 2. The van der Waals surface area contributed by atoms with Gasteiger partial charge in [0.15, 0.2) is 5.72 Å². The molecule has 1 aromatic heterocycles. The fraction of sp³-hybridized carbons (Fsp3) is 0.238. The highest BCUT2D eigenvalue weighted by Gasteiger charge is 2.51. The van der Waals surface area contributed by atoms with Crippen molar-refractivity contribution < 1.29 is 14.3 Å². The molecule has 0 saturated carbocycles. The number of nitrogens with one attached hydrogen (secondary N) is 1. The number of fused-ring (bicyclic) bond motifs is 2. The Bertz CT molecular complexity index is 1090. The Balaban J connectivity index is 1.62. The highest BCUT2D eigenvalue weighted by molar-refractivity contribution is 6.12. The molecule has 0 aliphatic carbocycles. The summed E-state index contributed by atoms with van der Waals surface area (Å²) in [5.41, 5.74) is 0.809. The van der Waals surface area contributed by atoms with Gasteiger partial charge < -0.3 is 10.1 Å². The molecule has 0 atom stereocenters. The van der Waals surface area contributed by atoms with Crippen molar-refractivity contribution in [3.8, 4) is 5.75 Å². The summed E-state index contributed by atoms with van der Waals surface area (Å²) in [5, 5.41) is 3.26. The van der Waals surface area contributed by atoms with Crippen LogP contribution in [0.2, 0.25) is 0 Å². The lowest BCUT2D eigenvalue weighted by atomic mass is 9.95. The summed E-state index contributed by atoms with van der Waals surface area (Å²) >= 11 is 0. The van der Waals surface area contributed by atoms with Gasteiger partial charge >= 0.3 is 0 Å². The molecule has 0 unspecified atom stereocenters. The van der Waals surface area contributed by atoms with Crippen molar-refractivity contribution in [2.45, 2.75) is 18.6 Å². The van der Waals surface area contributed by atoms with Crippen LogP contribution in [-0.4, -0.2) is 45.5 Å². The van der Waals surface area contributed by atoms with Gasteiger partial charge in [0, 0.05) is 25.9 Å². The number of amides is 2. The van der Waals surface area contributed by atoms with E-state index in [-0.39, 0.29) is 11.6 Å². The number of hydrogen-bond donors (Lipinski definition) is 1. The Hall–Kier alpha value is -3.32. The molecule has 3 heterocycles. The molecule has 5 rings (SSSR count). The molecular formula is C21H18N4O3. The van der Waals surface area contributed by atoms with Gasteiger partial charge in [-0.1, -0.05) is 24.3 Å². The van der Waals surface area contributed by atoms with Gasteiger partial charge in [0.2, 0.25) is 0 Å². The van der Waals surface area contributed by atoms with Gasteiger partial charge in [0.05, 0.1) is 22.8 Å². The summed E-state index contributed by atoms with van der Waals surface area (Å²) in [6.07, 6.45) is 2.45. The van der Waals surface area contributed by atoms with Gasteiger partial charge in [-0.3, -0.25) is 14.6 Å². The highest BCUT2D eigenvalue weighted by atomic mass is 16.5. The highest BCUT2D eigenvalue weighted by Crippen LogP contribution is 2.39. The summed E-state index contributed by atoms with van der Waals surface area (Å²) < 4.78 is 6.27. The summed E-state index contributed by atoms with van der Waals surface area (Å²) in [4.78, 5) is 36.8. The second kappa shape index (κ2) is 6.38. The number of hydrogen-bond acceptors (Lipinski definition) is 6. The van der Waals surface area contributed by atoms with Gasteiger partial charge in [-0.25, -0.2) is 9.88 Å². The van der Waals surface area contributed by atoms with Crippen molar-refractivity contribution in [1.29, 1.82) is 0 Å². The Labute approximate surface area is 161 Å². The van der Waals surface area contributed by atoms with Gasteiger partial charge in [0.25, 0.3) is 11.8 Å². The van der Waals surface area contributed by atoms with E-state index >= 15 is 0 Å². The molecule has 3 aromatic rings. The summed E-state index contributed by atoms with van der Waals surface area (Å²) in [6, 6.07) is 14.4. The van der Waals surface area contributed by atoms with Crippen LogP contribution in [0.5, 0.6) is 5.75 Å². The zero-order valence-electron chi connectivity index (χ0n) is 15.1. The summed E-state index contributed by atoms with van der Waals surface area (Å²) in [6.45, 7) is 1.31. The van der Waals surface area contributed by atoms with Gasteiger partial charge in [-0.2, -0.15) is 0 Å². The van der Waals surface area contributed by atoms with Crippen LogP contribution in [0.25, 0.3) is 11.0 Å². The van der Waals surface area contributed by atoms with Gasteiger partial charge in [-0.15, -0.1) is 0 Å². The Kier molecular flexibility index (Phi) is 3.84. The number of aromatic nitrogens is 2. The van der Waals surface area contributed by atoms with Crippen LogP contribution < -0.4 is 10.1 Å². The fourth-order valence-corrected chi connectivity index (χ4v) is 3.88. The van der Waals surface area contributed by atoms with Gasteiger partial charge in [0.1, 0.15) is 11.4 Å². The van der Waals surface area contributed by atoms with Gasteiger partial charge in [-0.05, 0) is 24.3 Å². The van der Waals surface area contributed by atoms with Crippen LogP contribution in [0.15, 0.2) is 54.7 Å². The monoisotopic (exact) mass is 374 g/mol. The van der Waals surface area contributed by atoms with E-state index in [1.54, 1.807) is 24.3 Å². The third-order valence-electron chi connectivity index (χ3n) is 5.28. The molecule has 2 aliphatic rings. The second-order valence-electron chi connectivity index (χ2n) is 6.98. The first-order valence-electron chi connectivity index (χ1n) is 9.27. The number of nitrogens with zero attached hydrogens (tertiary/aromatic N) is 3. The van der Waals surface area contributed by atoms with Crippen LogP contribution in [0.3, 0.4) is 0 Å². The topological polar surface area (TPSA) is 84.4 Å². The van der Waals surface area contributed by atoms with E-state index < -0.39 is 11.6 Å². The van der Waals surface area contributed by atoms with E-state index in [1.165, 1.54) is 11.1 Å². The third kappa shape index (κ3) is 2.55. The maximum absolute atomic E-state index is 13.4. The maximum atomic E-state index is 13.4. The molecule has 7 heteroatoms. The summed E-state index contributed by atoms with van der Waals surface area (Å²) in [5.74, 6) is -0.327. The third-order valence-corrected chi connectivity index (χ3v) is 5.28. The number of rotatable bonds is 1. The minimum atomic E-state index is -1.01. The van der Waals surface area contributed by atoms with E-state index in [1.807, 2.05) is 24.3 Å². The first-order chi connectivity index (χ1) is 13.7. The predicted molar refractivity (Wildman–Crippen MR) is 102 cm³/mol. The van der Waals surface area contributed by atoms with E-state index in [0.29, 0.717) is 48.3 Å². The van der Waals surface area contributed by atoms with Crippen LogP contribution >= 0.6 is 0 Å². The minimum Gasteiger partial charge on any atom is -0.466 e. The number of carbonyl (C=O) groups excluding carboxylic acids is 2. The molecule has 2 amide bonds. The Morgan fingerprint density at radius 1 is 1.04 bits per heavy atom. The number of para-hydroxylation sites is 3. The maximum Gasteiger partial charge on any atom is 0.284 e. The number of carbonyl (C=O) groups is 2. The lowest BCUT2D eigenvalue weighted by molar-refractivity contribution is -0.0778. The predicted octanol–water partition coefficient (Wildman–Crippen LogP) is 2.38. The van der Waals surface area contributed by atoms with Crippen LogP contribution in [0, 0.1) is 0 Å². The number of imide groups is 1. The molecule has 0 radical (unpaired) electrons. The normalized spacial score (nSPS) is 18.0. The van der Waals surface area contributed by atoms with E-state index in [9.17, 15) is 9.59 Å². The molecule has 1 saturated heterocycles. The molecule has 28 heavy (non-hydrogen) atoms. The van der Waals surface area contributed by atoms with Crippen molar-refractivity contribution in [1.82, 2.24) is 20.2 Å². The Morgan fingerprint density at radius 3 is 2.57 bits per heavy atom. The lowest BCUT2D eigenvalue weighted by Crippen LogP contribution is -2.64. The molecule has 2 aromatic carbocycles. The molecule has 1 spiro atoms. The average Bonchev–Trinajstić information content (AvgIpc) is 2.74. The molecule has 1 fully saturated rings. The summed E-state index contributed by atoms with van der Waals surface area (Å²) in [7, 11) is 0. The number of ether oxygens (including phenoxy) is 1. The lowest BCUT2D eigenvalue weighted by Gasteiger charge is -2.47. The first-order valence-corrected chi connectivity index (χ1v) is 9.27. The van der Waals surface area contributed by atoms with E-state index in [4.69, 9.17) is 4.74 Å². The molecule has 7 nitrogen and oxygen atoms in total. The molecular weight excluding hydrogens is 356 g/mol. The van der Waals surface area contributed by atoms with Crippen molar-refractivity contribution >= 4 is 22.8 Å². The second-order valence-corrected chi connectivity index (χ2v) is 6.98. The van der Waals surface area contributed by atoms with Crippen LogP contribution in [-0.2, 0) is 0 Å². The zero-order valence-corrected chi connectivity index (χ0v) is 15.1. The Morgan fingerprint density at radius 2 is 1.75 bits per heavy atom. The minimum absolute atomic E-state index is 0.132. The van der Waals surface area contributed by atoms with Crippen LogP contribution in [0.1, 0.15) is 33.7 Å². The quantitative estimate of drug-likeness (QED) is 0.659. The van der Waals surface area contributed by atoms with Crippen molar-refractivity contribution in [2.24, 2.45) is 0 Å². The largest absolute Gasteiger partial charge is 0.466 e. The molecule has 2 aliphatic heterocycles. The smallest absolute Gasteiger partial charge is 0.284 e. The fourth-order valence-electron chi connectivity index (χ4n) is 3.88. The molecule has 0 bridgehead atoms. The van der Waals surface area contributed by atoms with E-state index in [2.05, 4.69) is 15.3 Å². The molecule has 140 valence electrons. The number of piperidine rings is 1. The van der Waals surface area contributed by atoms with E-state index in [0.717, 1.165) is 0 Å². The zero-order chi connectivity index (χ0) is 19.1. The van der Waals surface area contributed by atoms with Crippen molar-refractivity contribution in [3.05, 3.63) is 66.0 Å². The average molecular weight is 374 g/mol. The van der Waals surface area contributed by atoms with Crippen molar-refractivity contribution in [2.75, 3.05) is 13.1 Å². The SMILES string of the molecule is O=C(c1cnc2ccccc2n1)N1C(=O)c2ccccc2OC12CCNCC2. The van der Waals surface area contributed by atoms with Crippen molar-refractivity contribution in [3.63, 3.8) is 0 Å². The molecule has 1 N–H and O–H groups in total. The standard InChI is InChI=1S/C21H18N4O3/c26-19-14-5-1-4-8-18(14)28-21(9-11-22-12-10-21)25(19)20(27)17-13-23-15-6-2-3-7-16(15)24-17/h1-8,13,22H,9-12H2. The van der Waals surface area contributed by atoms with Crippen LogP contribution in [0.4, 0.5) is 0 Å².